The average Bonchev–Trinajstić information content (AvgIpc) is 2.55. The van der Waals surface area contributed by atoms with Crippen LogP contribution in [0.4, 0.5) is 9.18 Å². The van der Waals surface area contributed by atoms with Crippen molar-refractivity contribution >= 4 is 34.4 Å². The van der Waals surface area contributed by atoms with Gasteiger partial charge >= 0.3 is 12.1 Å². The molecule has 5 nitrogen and oxygen atoms in total. The number of fused-ring (bicyclic) bond motifs is 1. The topological polar surface area (TPSA) is 66.8 Å². The van der Waals surface area contributed by atoms with E-state index in [1.165, 1.54) is 4.90 Å². The first-order chi connectivity index (χ1) is 12.6. The van der Waals surface area contributed by atoms with E-state index in [1.807, 2.05) is 12.1 Å². The summed E-state index contributed by atoms with van der Waals surface area (Å²) in [7, 11) is 0. The van der Waals surface area contributed by atoms with Gasteiger partial charge in [-0.3, -0.25) is 4.79 Å². The Morgan fingerprint density at radius 3 is 2.48 bits per heavy atom. The van der Waals surface area contributed by atoms with Gasteiger partial charge in [0.15, 0.2) is 0 Å². The molecule has 0 radical (unpaired) electrons. The maximum absolute atomic E-state index is 12.9. The Hall–Kier alpha value is -2.34. The Morgan fingerprint density at radius 1 is 1.22 bits per heavy atom. The maximum atomic E-state index is 12.9. The highest BCUT2D eigenvalue weighted by Crippen LogP contribution is 2.28. The van der Waals surface area contributed by atoms with Gasteiger partial charge in [0.05, 0.1) is 13.0 Å². The number of carbonyl (C=O) groups is 2. The molecule has 0 saturated carbocycles. The molecule has 7 heteroatoms. The van der Waals surface area contributed by atoms with Crippen molar-refractivity contribution < 1.29 is 23.8 Å². The molecule has 0 aliphatic carbocycles. The average molecular weight is 396 g/mol. The molecule has 0 saturated heterocycles. The summed E-state index contributed by atoms with van der Waals surface area (Å²) in [6.07, 6.45) is -0.808. The molecule has 2 aromatic rings. The highest BCUT2D eigenvalue weighted by atomic mass is 35.5. The third kappa shape index (κ3) is 5.82. The molecular weight excluding hydrogens is 373 g/mol. The van der Waals surface area contributed by atoms with E-state index in [1.54, 1.807) is 39.0 Å². The summed E-state index contributed by atoms with van der Waals surface area (Å²) >= 11 is 6.18. The highest BCUT2D eigenvalue weighted by Gasteiger charge is 2.22. The van der Waals surface area contributed by atoms with E-state index in [-0.39, 0.29) is 19.5 Å². The minimum atomic E-state index is -0.984. The van der Waals surface area contributed by atoms with Gasteiger partial charge in [0.25, 0.3) is 0 Å². The Labute approximate surface area is 162 Å². The molecule has 0 unspecified atom stereocenters. The molecule has 1 N–H and O–H groups in total. The zero-order chi connectivity index (χ0) is 20.2. The first-order valence-electron chi connectivity index (χ1n) is 8.56. The van der Waals surface area contributed by atoms with Crippen molar-refractivity contribution in [2.75, 3.05) is 13.2 Å². The van der Waals surface area contributed by atoms with E-state index in [4.69, 9.17) is 21.4 Å². The van der Waals surface area contributed by atoms with Crippen molar-refractivity contribution in [1.82, 2.24) is 4.90 Å². The van der Waals surface area contributed by atoms with Gasteiger partial charge in [-0.1, -0.05) is 29.8 Å². The molecule has 146 valence electrons. The van der Waals surface area contributed by atoms with Gasteiger partial charge in [0.2, 0.25) is 0 Å². The number of nitrogens with zero attached hydrogens (tertiary/aromatic N) is 1. The maximum Gasteiger partial charge on any atom is 0.410 e. The van der Waals surface area contributed by atoms with Crippen molar-refractivity contribution in [3.05, 3.63) is 46.5 Å². The summed E-state index contributed by atoms with van der Waals surface area (Å²) in [6.45, 7) is 4.60. The van der Waals surface area contributed by atoms with E-state index >= 15 is 0 Å². The summed E-state index contributed by atoms with van der Waals surface area (Å²) in [5.74, 6) is -0.984. The minimum Gasteiger partial charge on any atom is -0.481 e. The Morgan fingerprint density at radius 2 is 1.89 bits per heavy atom. The Kier molecular flexibility index (Phi) is 6.65. The van der Waals surface area contributed by atoms with Crippen LogP contribution >= 0.6 is 11.6 Å². The van der Waals surface area contributed by atoms with Gasteiger partial charge in [-0.2, -0.15) is 0 Å². The Bertz CT molecular complexity index is 848. The number of aliphatic carboxylic acids is 1. The van der Waals surface area contributed by atoms with E-state index < -0.39 is 24.3 Å². The minimum absolute atomic E-state index is 0.0928. The van der Waals surface area contributed by atoms with Gasteiger partial charge in [0.1, 0.15) is 12.3 Å². The number of alkyl halides is 1. The number of halogens is 2. The molecule has 1 amide bonds. The number of benzene rings is 2. The fraction of sp³-hybridized carbons (Fsp3) is 0.400. The van der Waals surface area contributed by atoms with Crippen LogP contribution in [-0.4, -0.2) is 40.9 Å². The summed E-state index contributed by atoms with van der Waals surface area (Å²) < 4.78 is 18.2. The van der Waals surface area contributed by atoms with Gasteiger partial charge < -0.3 is 14.7 Å². The lowest BCUT2D eigenvalue weighted by Crippen LogP contribution is -2.37. The number of hydrogen-bond acceptors (Lipinski definition) is 3. The molecular formula is C20H23ClFNO4. The summed E-state index contributed by atoms with van der Waals surface area (Å²) in [6, 6.07) is 8.90. The van der Waals surface area contributed by atoms with Crippen LogP contribution in [-0.2, 0) is 22.5 Å². The molecule has 0 heterocycles. The number of carboxylic acid groups (broad SMARTS) is 1. The van der Waals surface area contributed by atoms with E-state index in [2.05, 4.69) is 0 Å². The lowest BCUT2D eigenvalue weighted by molar-refractivity contribution is -0.136. The SMILES string of the molecule is CC(C)(C)OC(=O)N(CCF)Cc1ccc2ccc(Cl)c(CC(=O)O)c2c1. The van der Waals surface area contributed by atoms with Crippen LogP contribution in [0.3, 0.4) is 0 Å². The third-order valence-electron chi connectivity index (χ3n) is 3.85. The molecule has 2 aromatic carbocycles. The Balaban J connectivity index is 2.36. The van der Waals surface area contributed by atoms with E-state index in [0.717, 1.165) is 10.9 Å². The third-order valence-corrected chi connectivity index (χ3v) is 4.20. The number of rotatable bonds is 6. The van der Waals surface area contributed by atoms with Crippen molar-refractivity contribution in [3.8, 4) is 0 Å². The summed E-state index contributed by atoms with van der Waals surface area (Å²) in [5, 5.41) is 11.1. The standard InChI is InChI=1S/C20H23ClFNO4/c1-20(2,3)27-19(26)23(9-8-22)12-13-4-5-14-6-7-17(21)16(11-18(24)25)15(14)10-13/h4-7,10H,8-9,11-12H2,1-3H3,(H,24,25). The second-order valence-electron chi connectivity index (χ2n) is 7.24. The van der Waals surface area contributed by atoms with Gasteiger partial charge in [-0.25, -0.2) is 9.18 Å². The van der Waals surface area contributed by atoms with E-state index in [0.29, 0.717) is 16.0 Å². The first-order valence-corrected chi connectivity index (χ1v) is 8.94. The smallest absolute Gasteiger partial charge is 0.410 e. The number of hydrogen-bond donors (Lipinski definition) is 1. The molecule has 2 rings (SSSR count). The number of carboxylic acids is 1. The van der Waals surface area contributed by atoms with Gasteiger partial charge in [-0.15, -0.1) is 0 Å². The second-order valence-corrected chi connectivity index (χ2v) is 7.65. The monoisotopic (exact) mass is 395 g/mol. The predicted octanol–water partition coefficient (Wildman–Crippen LogP) is 4.83. The van der Waals surface area contributed by atoms with Crippen LogP contribution in [0.25, 0.3) is 10.8 Å². The number of ether oxygens (including phenoxy) is 1. The molecule has 27 heavy (non-hydrogen) atoms. The molecule has 0 fully saturated rings. The van der Waals surface area contributed by atoms with Gasteiger partial charge in [0, 0.05) is 11.6 Å². The van der Waals surface area contributed by atoms with Crippen molar-refractivity contribution in [2.24, 2.45) is 0 Å². The quantitative estimate of drug-likeness (QED) is 0.760. The van der Waals surface area contributed by atoms with Crippen LogP contribution in [0.1, 0.15) is 31.9 Å². The zero-order valence-corrected chi connectivity index (χ0v) is 16.3. The summed E-state index contributed by atoms with van der Waals surface area (Å²) in [4.78, 5) is 24.8. The molecule has 0 aromatic heterocycles. The predicted molar refractivity (Wildman–Crippen MR) is 103 cm³/mol. The highest BCUT2D eigenvalue weighted by molar-refractivity contribution is 6.32. The van der Waals surface area contributed by atoms with Crippen LogP contribution in [0.2, 0.25) is 5.02 Å². The lowest BCUT2D eigenvalue weighted by Gasteiger charge is -2.27. The first kappa shape index (κ1) is 21.0. The normalized spacial score (nSPS) is 11.4. The molecule has 0 spiro atoms. The molecule has 0 aliphatic heterocycles. The summed E-state index contributed by atoms with van der Waals surface area (Å²) in [5.41, 5.74) is 0.561. The van der Waals surface area contributed by atoms with Crippen molar-refractivity contribution in [1.29, 1.82) is 0 Å². The molecule has 0 aliphatic rings. The number of carbonyl (C=O) groups excluding carboxylic acids is 1. The van der Waals surface area contributed by atoms with Crippen LogP contribution in [0.15, 0.2) is 30.3 Å². The van der Waals surface area contributed by atoms with Crippen molar-refractivity contribution in [2.45, 2.75) is 39.3 Å². The van der Waals surface area contributed by atoms with Gasteiger partial charge in [-0.05, 0) is 54.8 Å². The fourth-order valence-corrected chi connectivity index (χ4v) is 2.95. The largest absolute Gasteiger partial charge is 0.481 e. The molecule has 0 atom stereocenters. The van der Waals surface area contributed by atoms with Crippen LogP contribution in [0.5, 0.6) is 0 Å². The van der Waals surface area contributed by atoms with E-state index in [9.17, 15) is 14.0 Å². The second kappa shape index (κ2) is 8.57. The zero-order valence-electron chi connectivity index (χ0n) is 15.6. The van der Waals surface area contributed by atoms with Crippen molar-refractivity contribution in [3.63, 3.8) is 0 Å². The van der Waals surface area contributed by atoms with Crippen LogP contribution in [0, 0.1) is 0 Å². The fourth-order valence-electron chi connectivity index (χ4n) is 2.72. The lowest BCUT2D eigenvalue weighted by atomic mass is 9.99. The molecule has 0 bridgehead atoms. The van der Waals surface area contributed by atoms with Crippen LogP contribution < -0.4 is 0 Å². The number of amides is 1.